The van der Waals surface area contributed by atoms with Gasteiger partial charge in [0.1, 0.15) is 4.70 Å². The van der Waals surface area contributed by atoms with Crippen LogP contribution in [0.2, 0.25) is 0 Å². The van der Waals surface area contributed by atoms with Crippen LogP contribution >= 0.6 is 11.3 Å². The van der Waals surface area contributed by atoms with Gasteiger partial charge in [0.15, 0.2) is 5.43 Å². The summed E-state index contributed by atoms with van der Waals surface area (Å²) in [4.78, 5) is 16.2. The standard InChI is InChI=1S/C11H9N3OS/c1-6-12-10-7-5-14(2)13-8(7)3-4-9(15)11(10)16-6/h3-5H,1-2H3. The summed E-state index contributed by atoms with van der Waals surface area (Å²) < 4.78 is 2.45. The molecule has 3 rings (SSSR count). The van der Waals surface area contributed by atoms with Crippen molar-refractivity contribution in [3.05, 3.63) is 33.6 Å². The summed E-state index contributed by atoms with van der Waals surface area (Å²) >= 11 is 1.44. The van der Waals surface area contributed by atoms with E-state index in [2.05, 4.69) is 10.1 Å². The number of fused-ring (bicyclic) bond motifs is 3. The van der Waals surface area contributed by atoms with E-state index in [-0.39, 0.29) is 5.43 Å². The second-order valence-corrected chi connectivity index (χ2v) is 4.91. The first-order valence-electron chi connectivity index (χ1n) is 4.89. The molecule has 80 valence electrons. The van der Waals surface area contributed by atoms with Crippen LogP contribution in [-0.2, 0) is 7.05 Å². The van der Waals surface area contributed by atoms with Crippen LogP contribution < -0.4 is 5.43 Å². The SMILES string of the molecule is Cc1nc2c(s1)c(=O)ccc1nn(C)cc12. The molecule has 0 bridgehead atoms. The summed E-state index contributed by atoms with van der Waals surface area (Å²) in [5.74, 6) is 0. The highest BCUT2D eigenvalue weighted by Gasteiger charge is 2.09. The molecule has 0 fully saturated rings. The van der Waals surface area contributed by atoms with Crippen molar-refractivity contribution in [2.75, 3.05) is 0 Å². The summed E-state index contributed by atoms with van der Waals surface area (Å²) in [7, 11) is 1.86. The Morgan fingerprint density at radius 2 is 2.19 bits per heavy atom. The molecular formula is C11H9N3OS. The quantitative estimate of drug-likeness (QED) is 0.593. The van der Waals surface area contributed by atoms with Gasteiger partial charge in [-0.3, -0.25) is 9.48 Å². The van der Waals surface area contributed by atoms with Crippen molar-refractivity contribution in [3.8, 4) is 0 Å². The first-order valence-corrected chi connectivity index (χ1v) is 5.70. The first kappa shape index (κ1) is 9.47. The van der Waals surface area contributed by atoms with E-state index in [0.29, 0.717) is 4.70 Å². The van der Waals surface area contributed by atoms with Crippen molar-refractivity contribution in [1.29, 1.82) is 0 Å². The van der Waals surface area contributed by atoms with Crippen molar-refractivity contribution < 1.29 is 0 Å². The van der Waals surface area contributed by atoms with Gasteiger partial charge in [-0.1, -0.05) is 0 Å². The number of rotatable bonds is 0. The Labute approximate surface area is 95.2 Å². The molecule has 2 aromatic heterocycles. The van der Waals surface area contributed by atoms with Crippen LogP contribution in [0.4, 0.5) is 0 Å². The molecule has 16 heavy (non-hydrogen) atoms. The molecule has 2 heterocycles. The Morgan fingerprint density at radius 3 is 3.00 bits per heavy atom. The van der Waals surface area contributed by atoms with Gasteiger partial charge in [0.05, 0.1) is 16.0 Å². The van der Waals surface area contributed by atoms with Gasteiger partial charge in [-0.05, 0) is 19.1 Å². The van der Waals surface area contributed by atoms with Crippen LogP contribution in [0.5, 0.6) is 0 Å². The lowest BCUT2D eigenvalue weighted by Gasteiger charge is -1.80. The number of hydrogen-bond acceptors (Lipinski definition) is 4. The molecule has 0 aliphatic heterocycles. The third kappa shape index (κ3) is 1.25. The van der Waals surface area contributed by atoms with Gasteiger partial charge in [0.25, 0.3) is 0 Å². The highest BCUT2D eigenvalue weighted by Crippen LogP contribution is 2.24. The van der Waals surface area contributed by atoms with Crippen LogP contribution in [-0.4, -0.2) is 14.8 Å². The largest absolute Gasteiger partial charge is 0.288 e. The van der Waals surface area contributed by atoms with E-state index in [1.807, 2.05) is 20.2 Å². The Kier molecular flexibility index (Phi) is 1.85. The van der Waals surface area contributed by atoms with E-state index in [1.54, 1.807) is 16.8 Å². The normalized spacial score (nSPS) is 11.4. The molecular weight excluding hydrogens is 222 g/mol. The second-order valence-electron chi connectivity index (χ2n) is 3.71. The number of nitrogens with zero attached hydrogens (tertiary/aromatic N) is 3. The molecule has 3 aromatic rings. The number of aromatic nitrogens is 3. The lowest BCUT2D eigenvalue weighted by Crippen LogP contribution is -1.91. The summed E-state index contributed by atoms with van der Waals surface area (Å²) in [6.45, 7) is 1.91. The van der Waals surface area contributed by atoms with Gasteiger partial charge >= 0.3 is 0 Å². The van der Waals surface area contributed by atoms with Gasteiger partial charge in [0, 0.05) is 18.6 Å². The minimum Gasteiger partial charge on any atom is -0.288 e. The molecule has 0 radical (unpaired) electrons. The number of hydrogen-bond donors (Lipinski definition) is 0. The second kappa shape index (κ2) is 3.12. The van der Waals surface area contributed by atoms with E-state index >= 15 is 0 Å². The smallest absolute Gasteiger partial charge is 0.198 e. The molecule has 0 saturated heterocycles. The molecule has 0 atom stereocenters. The van der Waals surface area contributed by atoms with Gasteiger partial charge in [-0.15, -0.1) is 11.3 Å². The summed E-state index contributed by atoms with van der Waals surface area (Å²) in [6.07, 6.45) is 1.90. The van der Waals surface area contributed by atoms with Crippen molar-refractivity contribution in [2.45, 2.75) is 6.92 Å². The van der Waals surface area contributed by atoms with E-state index in [1.165, 1.54) is 11.3 Å². The average Bonchev–Trinajstić information content (AvgIpc) is 2.75. The number of aryl methyl sites for hydroxylation is 2. The highest BCUT2D eigenvalue weighted by molar-refractivity contribution is 7.18. The maximum Gasteiger partial charge on any atom is 0.198 e. The molecule has 0 aliphatic rings. The highest BCUT2D eigenvalue weighted by atomic mass is 32.1. The van der Waals surface area contributed by atoms with Crippen molar-refractivity contribution in [2.24, 2.45) is 7.05 Å². The van der Waals surface area contributed by atoms with Crippen LogP contribution in [0.3, 0.4) is 0 Å². The fraction of sp³-hybridized carbons (Fsp3) is 0.182. The zero-order valence-electron chi connectivity index (χ0n) is 8.89. The molecule has 0 spiro atoms. The molecule has 0 saturated carbocycles. The van der Waals surface area contributed by atoms with Crippen LogP contribution in [0, 0.1) is 6.92 Å². The first-order chi connectivity index (χ1) is 7.65. The zero-order valence-corrected chi connectivity index (χ0v) is 9.71. The van der Waals surface area contributed by atoms with Gasteiger partial charge in [0.2, 0.25) is 0 Å². The third-order valence-corrected chi connectivity index (χ3v) is 3.45. The zero-order chi connectivity index (χ0) is 11.3. The van der Waals surface area contributed by atoms with Gasteiger partial charge in [-0.2, -0.15) is 5.10 Å². The lowest BCUT2D eigenvalue weighted by atomic mass is 10.3. The summed E-state index contributed by atoms with van der Waals surface area (Å²) in [5, 5.41) is 6.14. The van der Waals surface area contributed by atoms with Crippen molar-refractivity contribution in [1.82, 2.24) is 14.8 Å². The Balaban J connectivity index is 2.69. The minimum atomic E-state index is 0.0150. The maximum absolute atomic E-state index is 11.8. The minimum absolute atomic E-state index is 0.0150. The van der Waals surface area contributed by atoms with Gasteiger partial charge in [-0.25, -0.2) is 4.98 Å². The fourth-order valence-electron chi connectivity index (χ4n) is 1.82. The molecule has 0 unspecified atom stereocenters. The molecule has 0 aliphatic carbocycles. The van der Waals surface area contributed by atoms with Crippen molar-refractivity contribution in [3.63, 3.8) is 0 Å². The fourth-order valence-corrected chi connectivity index (χ4v) is 2.67. The topological polar surface area (TPSA) is 47.8 Å². The maximum atomic E-state index is 11.8. The lowest BCUT2D eigenvalue weighted by molar-refractivity contribution is 0.779. The van der Waals surface area contributed by atoms with E-state index in [4.69, 9.17) is 0 Å². The van der Waals surface area contributed by atoms with Gasteiger partial charge < -0.3 is 0 Å². The Hall–Kier alpha value is -1.75. The number of thiazole rings is 1. The van der Waals surface area contributed by atoms with Crippen molar-refractivity contribution >= 4 is 32.5 Å². The monoisotopic (exact) mass is 231 g/mol. The Bertz CT molecular complexity index is 757. The van der Waals surface area contributed by atoms with Crippen LogP contribution in [0.15, 0.2) is 23.1 Å². The average molecular weight is 231 g/mol. The van der Waals surface area contributed by atoms with Crippen LogP contribution in [0.1, 0.15) is 5.01 Å². The summed E-state index contributed by atoms with van der Waals surface area (Å²) in [5.41, 5.74) is 1.58. The Morgan fingerprint density at radius 1 is 1.38 bits per heavy atom. The third-order valence-electron chi connectivity index (χ3n) is 2.46. The predicted molar refractivity (Wildman–Crippen MR) is 64.9 cm³/mol. The molecule has 1 aromatic carbocycles. The van der Waals surface area contributed by atoms with E-state index < -0.39 is 0 Å². The van der Waals surface area contributed by atoms with E-state index in [9.17, 15) is 4.79 Å². The predicted octanol–water partition coefficient (Wildman–Crippen LogP) is 1.85. The van der Waals surface area contributed by atoms with Crippen LogP contribution in [0.25, 0.3) is 21.1 Å². The molecule has 0 amide bonds. The molecule has 5 heteroatoms. The molecule has 0 N–H and O–H groups in total. The summed E-state index contributed by atoms with van der Waals surface area (Å²) in [6, 6.07) is 3.32. The molecule has 4 nitrogen and oxygen atoms in total. The van der Waals surface area contributed by atoms with E-state index in [0.717, 1.165) is 21.4 Å².